The molecule has 2 heterocycles. The summed E-state index contributed by atoms with van der Waals surface area (Å²) < 4.78 is 2.23. The Morgan fingerprint density at radius 2 is 1.46 bits per heavy atom. The average molecular weight is 460 g/mol. The number of anilines is 1. The number of para-hydroxylation sites is 1. The van der Waals surface area contributed by atoms with Gasteiger partial charge in [0.1, 0.15) is 12.0 Å². The molecule has 0 bridgehead atoms. The number of nitrogens with one attached hydrogen (secondary N) is 1. The molecule has 0 amide bonds. The molecular weight excluding hydrogens is 438 g/mol. The van der Waals surface area contributed by atoms with Crippen molar-refractivity contribution in [3.8, 4) is 28.2 Å². The van der Waals surface area contributed by atoms with Crippen LogP contribution in [0.1, 0.15) is 5.56 Å². The standard InChI is InChI=1S/C28H21N5O2/c34-33(35)25-16-17-27(29-20-25)31-30-19-23-18-26(21-10-4-1-5-11-21)32(24-14-8-3-9-15-24)28(23)22-12-6-2-7-13-22/h1-20H,(H,29,31)/b30-19+. The normalized spacial score (nSPS) is 11.0. The van der Waals surface area contributed by atoms with Gasteiger partial charge in [-0.15, -0.1) is 0 Å². The van der Waals surface area contributed by atoms with Crippen molar-refractivity contribution in [2.24, 2.45) is 5.10 Å². The molecule has 0 radical (unpaired) electrons. The molecule has 2 aromatic heterocycles. The highest BCUT2D eigenvalue weighted by atomic mass is 16.6. The third-order valence-corrected chi connectivity index (χ3v) is 5.50. The lowest BCUT2D eigenvalue weighted by Crippen LogP contribution is -2.00. The Kier molecular flexibility index (Phi) is 6.13. The van der Waals surface area contributed by atoms with Crippen LogP contribution in [0.15, 0.2) is 120 Å². The van der Waals surface area contributed by atoms with Crippen LogP contribution < -0.4 is 5.43 Å². The highest BCUT2D eigenvalue weighted by Crippen LogP contribution is 2.35. The van der Waals surface area contributed by atoms with Crippen LogP contribution in [0.4, 0.5) is 11.5 Å². The van der Waals surface area contributed by atoms with Gasteiger partial charge in [0.25, 0.3) is 5.69 Å². The van der Waals surface area contributed by atoms with Gasteiger partial charge in [-0.25, -0.2) is 4.98 Å². The number of nitrogens with zero attached hydrogens (tertiary/aromatic N) is 4. The second-order valence-corrected chi connectivity index (χ2v) is 7.77. The number of hydrogen-bond acceptors (Lipinski definition) is 5. The molecule has 0 unspecified atom stereocenters. The van der Waals surface area contributed by atoms with Gasteiger partial charge < -0.3 is 4.57 Å². The first-order valence-electron chi connectivity index (χ1n) is 11.0. The Balaban J connectivity index is 1.62. The Hall–Kier alpha value is -5.04. The maximum absolute atomic E-state index is 10.9. The van der Waals surface area contributed by atoms with E-state index in [1.807, 2.05) is 54.6 Å². The molecule has 0 spiro atoms. The Labute approximate surface area is 202 Å². The maximum Gasteiger partial charge on any atom is 0.287 e. The minimum Gasteiger partial charge on any atom is -0.309 e. The first kappa shape index (κ1) is 21.8. The molecule has 5 aromatic rings. The van der Waals surface area contributed by atoms with Crippen LogP contribution >= 0.6 is 0 Å². The predicted octanol–water partition coefficient (Wildman–Crippen LogP) is 6.56. The minimum atomic E-state index is -0.483. The molecule has 170 valence electrons. The van der Waals surface area contributed by atoms with E-state index in [-0.39, 0.29) is 5.69 Å². The van der Waals surface area contributed by atoms with Gasteiger partial charge in [0.05, 0.1) is 22.5 Å². The van der Waals surface area contributed by atoms with Crippen LogP contribution in [0.25, 0.3) is 28.2 Å². The molecule has 0 saturated carbocycles. The summed E-state index contributed by atoms with van der Waals surface area (Å²) in [4.78, 5) is 14.4. The second-order valence-electron chi connectivity index (χ2n) is 7.77. The highest BCUT2D eigenvalue weighted by molar-refractivity contribution is 5.93. The van der Waals surface area contributed by atoms with Crippen LogP contribution in [0.5, 0.6) is 0 Å². The van der Waals surface area contributed by atoms with Crippen LogP contribution in [0.3, 0.4) is 0 Å². The van der Waals surface area contributed by atoms with E-state index in [9.17, 15) is 10.1 Å². The van der Waals surface area contributed by atoms with E-state index in [0.717, 1.165) is 33.8 Å². The smallest absolute Gasteiger partial charge is 0.287 e. The summed E-state index contributed by atoms with van der Waals surface area (Å²) in [5.74, 6) is 0.416. The molecule has 3 aromatic carbocycles. The fourth-order valence-electron chi connectivity index (χ4n) is 3.91. The van der Waals surface area contributed by atoms with Crippen molar-refractivity contribution in [1.29, 1.82) is 0 Å². The first-order chi connectivity index (χ1) is 17.2. The summed E-state index contributed by atoms with van der Waals surface area (Å²) in [6.07, 6.45) is 2.95. The molecular formula is C28H21N5O2. The molecule has 0 aliphatic rings. The largest absolute Gasteiger partial charge is 0.309 e. The minimum absolute atomic E-state index is 0.0710. The molecule has 35 heavy (non-hydrogen) atoms. The average Bonchev–Trinajstić information content (AvgIpc) is 3.30. The summed E-state index contributed by atoms with van der Waals surface area (Å²) in [6.45, 7) is 0. The Bertz CT molecular complexity index is 1460. The van der Waals surface area contributed by atoms with Crippen molar-refractivity contribution in [3.63, 3.8) is 0 Å². The van der Waals surface area contributed by atoms with Gasteiger partial charge in [0.2, 0.25) is 0 Å². The third-order valence-electron chi connectivity index (χ3n) is 5.50. The van der Waals surface area contributed by atoms with Crippen LogP contribution in [0, 0.1) is 10.1 Å². The summed E-state index contributed by atoms with van der Waals surface area (Å²) in [5, 5.41) is 15.3. The number of aromatic nitrogens is 2. The highest BCUT2D eigenvalue weighted by Gasteiger charge is 2.18. The van der Waals surface area contributed by atoms with Crippen LogP contribution in [-0.4, -0.2) is 20.7 Å². The van der Waals surface area contributed by atoms with E-state index < -0.39 is 4.92 Å². The molecule has 1 N–H and O–H groups in total. The van der Waals surface area contributed by atoms with Crippen LogP contribution in [-0.2, 0) is 0 Å². The number of pyridine rings is 1. The third kappa shape index (κ3) is 4.69. The maximum atomic E-state index is 10.9. The Morgan fingerprint density at radius 1 is 0.829 bits per heavy atom. The zero-order chi connectivity index (χ0) is 24.0. The van der Waals surface area contributed by atoms with Gasteiger partial charge in [-0.3, -0.25) is 15.5 Å². The van der Waals surface area contributed by atoms with Crippen molar-refractivity contribution in [1.82, 2.24) is 9.55 Å². The molecule has 5 rings (SSSR count). The predicted molar refractivity (Wildman–Crippen MR) is 139 cm³/mol. The summed E-state index contributed by atoms with van der Waals surface area (Å²) in [7, 11) is 0. The summed E-state index contributed by atoms with van der Waals surface area (Å²) >= 11 is 0. The van der Waals surface area contributed by atoms with E-state index in [2.05, 4.69) is 62.5 Å². The zero-order valence-electron chi connectivity index (χ0n) is 18.7. The molecule has 0 aliphatic carbocycles. The van der Waals surface area contributed by atoms with Crippen LogP contribution in [0.2, 0.25) is 0 Å². The van der Waals surface area contributed by atoms with E-state index in [0.29, 0.717) is 5.82 Å². The number of nitro groups is 1. The number of hydrazone groups is 1. The Morgan fingerprint density at radius 3 is 2.06 bits per heavy atom. The van der Waals surface area contributed by atoms with Crippen molar-refractivity contribution in [2.75, 3.05) is 5.43 Å². The van der Waals surface area contributed by atoms with Crippen molar-refractivity contribution >= 4 is 17.7 Å². The second kappa shape index (κ2) is 9.84. The van der Waals surface area contributed by atoms with Gasteiger partial charge in [-0.1, -0.05) is 78.9 Å². The van der Waals surface area contributed by atoms with Gasteiger partial charge in [-0.05, 0) is 35.4 Å². The van der Waals surface area contributed by atoms with Gasteiger partial charge in [0.15, 0.2) is 0 Å². The molecule has 0 saturated heterocycles. The molecule has 7 heteroatoms. The number of hydrogen-bond donors (Lipinski definition) is 1. The lowest BCUT2D eigenvalue weighted by atomic mass is 10.1. The topological polar surface area (TPSA) is 85.4 Å². The molecule has 0 fully saturated rings. The quantitative estimate of drug-likeness (QED) is 0.170. The lowest BCUT2D eigenvalue weighted by Gasteiger charge is -2.15. The molecule has 0 atom stereocenters. The van der Waals surface area contributed by atoms with Gasteiger partial charge in [0, 0.05) is 17.3 Å². The van der Waals surface area contributed by atoms with Gasteiger partial charge in [-0.2, -0.15) is 5.10 Å². The van der Waals surface area contributed by atoms with E-state index in [1.165, 1.54) is 18.3 Å². The number of benzene rings is 3. The van der Waals surface area contributed by atoms with E-state index in [4.69, 9.17) is 0 Å². The van der Waals surface area contributed by atoms with E-state index >= 15 is 0 Å². The van der Waals surface area contributed by atoms with Crippen molar-refractivity contribution < 1.29 is 4.92 Å². The fourth-order valence-corrected chi connectivity index (χ4v) is 3.91. The van der Waals surface area contributed by atoms with Crippen molar-refractivity contribution in [2.45, 2.75) is 0 Å². The zero-order valence-corrected chi connectivity index (χ0v) is 18.7. The first-order valence-corrected chi connectivity index (χ1v) is 11.0. The van der Waals surface area contributed by atoms with Crippen molar-refractivity contribution in [3.05, 3.63) is 131 Å². The summed E-state index contributed by atoms with van der Waals surface area (Å²) in [5.41, 5.74) is 8.91. The van der Waals surface area contributed by atoms with Gasteiger partial charge >= 0.3 is 0 Å². The lowest BCUT2D eigenvalue weighted by molar-refractivity contribution is -0.385. The monoisotopic (exact) mass is 459 g/mol. The number of rotatable bonds is 7. The SMILES string of the molecule is O=[N+]([O-])c1ccc(N/N=C/c2cc(-c3ccccc3)n(-c3ccccc3)c2-c2ccccc2)nc1. The molecule has 0 aliphatic heterocycles. The van der Waals surface area contributed by atoms with E-state index in [1.54, 1.807) is 6.21 Å². The molecule has 7 nitrogen and oxygen atoms in total. The fraction of sp³-hybridized carbons (Fsp3) is 0. The summed E-state index contributed by atoms with van der Waals surface area (Å²) in [6, 6.07) is 35.6.